The van der Waals surface area contributed by atoms with E-state index in [2.05, 4.69) is 43.4 Å². The van der Waals surface area contributed by atoms with E-state index in [1.165, 1.54) is 12.8 Å². The second kappa shape index (κ2) is 6.23. The maximum absolute atomic E-state index is 4.32. The first-order valence-electron chi connectivity index (χ1n) is 5.77. The summed E-state index contributed by atoms with van der Waals surface area (Å²) in [6, 6.07) is 0.937. The van der Waals surface area contributed by atoms with Gasteiger partial charge in [-0.1, -0.05) is 20.3 Å². The van der Waals surface area contributed by atoms with Crippen LogP contribution in [0.25, 0.3) is 0 Å². The molecular weight excluding hydrogens is 204 g/mol. The van der Waals surface area contributed by atoms with Gasteiger partial charge in [-0.15, -0.1) is 11.3 Å². The van der Waals surface area contributed by atoms with Gasteiger partial charge in [-0.05, 0) is 26.2 Å². The molecular formula is C12H22N2S. The highest BCUT2D eigenvalue weighted by molar-refractivity contribution is 7.07. The summed E-state index contributed by atoms with van der Waals surface area (Å²) in [7, 11) is 0. The van der Waals surface area contributed by atoms with E-state index in [-0.39, 0.29) is 0 Å². The van der Waals surface area contributed by atoms with E-state index in [0.717, 1.165) is 11.6 Å². The van der Waals surface area contributed by atoms with Crippen molar-refractivity contribution in [2.45, 2.75) is 52.6 Å². The number of nitrogens with zero attached hydrogens (tertiary/aromatic N) is 1. The topological polar surface area (TPSA) is 24.9 Å². The summed E-state index contributed by atoms with van der Waals surface area (Å²) in [4.78, 5) is 4.32. The van der Waals surface area contributed by atoms with Gasteiger partial charge in [0.25, 0.3) is 0 Å². The lowest BCUT2D eigenvalue weighted by atomic mass is 10.00. The van der Waals surface area contributed by atoms with Crippen molar-refractivity contribution in [2.24, 2.45) is 5.92 Å². The summed E-state index contributed by atoms with van der Waals surface area (Å²) in [5.74, 6) is 0.801. The van der Waals surface area contributed by atoms with Crippen LogP contribution in [0, 0.1) is 5.92 Å². The number of thiazole rings is 1. The summed E-state index contributed by atoms with van der Waals surface area (Å²) in [6.07, 6.45) is 2.50. The second-order valence-electron chi connectivity index (χ2n) is 4.45. The van der Waals surface area contributed by atoms with Gasteiger partial charge < -0.3 is 5.32 Å². The zero-order valence-electron chi connectivity index (χ0n) is 10.2. The molecule has 3 heteroatoms. The van der Waals surface area contributed by atoms with Crippen molar-refractivity contribution in [3.05, 3.63) is 16.6 Å². The summed E-state index contributed by atoms with van der Waals surface area (Å²) in [6.45, 7) is 9.00. The van der Waals surface area contributed by atoms with E-state index in [4.69, 9.17) is 0 Å². The molecule has 0 bridgehead atoms. The van der Waals surface area contributed by atoms with Crippen LogP contribution >= 0.6 is 11.3 Å². The molecule has 86 valence electrons. The molecule has 0 fully saturated rings. The molecule has 0 saturated heterocycles. The largest absolute Gasteiger partial charge is 0.306 e. The first kappa shape index (κ1) is 12.7. The van der Waals surface area contributed by atoms with Crippen molar-refractivity contribution >= 4 is 11.3 Å². The number of aromatic nitrogens is 1. The molecule has 0 amide bonds. The average Bonchev–Trinajstić information content (AvgIpc) is 2.70. The van der Waals surface area contributed by atoms with Crippen LogP contribution in [0.15, 0.2) is 10.9 Å². The molecule has 1 rings (SSSR count). The van der Waals surface area contributed by atoms with Crippen molar-refractivity contribution in [3.63, 3.8) is 0 Å². The molecule has 1 N–H and O–H groups in total. The highest BCUT2D eigenvalue weighted by atomic mass is 32.1. The number of hydrogen-bond acceptors (Lipinski definition) is 3. The minimum absolute atomic E-state index is 0.371. The van der Waals surface area contributed by atoms with Crippen LogP contribution in [0.4, 0.5) is 0 Å². The number of hydrogen-bond donors (Lipinski definition) is 1. The summed E-state index contributed by atoms with van der Waals surface area (Å²) < 4.78 is 0. The summed E-state index contributed by atoms with van der Waals surface area (Å²) in [5.41, 5.74) is 3.06. The molecule has 3 atom stereocenters. The van der Waals surface area contributed by atoms with Crippen LogP contribution in [-0.4, -0.2) is 11.0 Å². The Hall–Kier alpha value is -0.410. The van der Waals surface area contributed by atoms with Gasteiger partial charge in [-0.25, -0.2) is 4.98 Å². The first-order chi connectivity index (χ1) is 7.13. The fourth-order valence-corrected chi connectivity index (χ4v) is 2.43. The lowest BCUT2D eigenvalue weighted by Crippen LogP contribution is -2.30. The van der Waals surface area contributed by atoms with Gasteiger partial charge >= 0.3 is 0 Å². The predicted molar refractivity (Wildman–Crippen MR) is 67.2 cm³/mol. The Balaban J connectivity index is 2.34. The maximum Gasteiger partial charge on any atom is 0.0795 e. The Bertz CT molecular complexity index is 259. The van der Waals surface area contributed by atoms with Crippen molar-refractivity contribution < 1.29 is 0 Å². The predicted octanol–water partition coefficient (Wildman–Crippen LogP) is 3.62. The lowest BCUT2D eigenvalue weighted by molar-refractivity contribution is 0.383. The lowest BCUT2D eigenvalue weighted by Gasteiger charge is -2.21. The highest BCUT2D eigenvalue weighted by Crippen LogP contribution is 2.15. The van der Waals surface area contributed by atoms with Gasteiger partial charge in [0.2, 0.25) is 0 Å². The second-order valence-corrected chi connectivity index (χ2v) is 5.17. The van der Waals surface area contributed by atoms with Crippen molar-refractivity contribution in [1.82, 2.24) is 10.3 Å². The zero-order chi connectivity index (χ0) is 11.3. The zero-order valence-corrected chi connectivity index (χ0v) is 11.0. The Morgan fingerprint density at radius 2 is 2.13 bits per heavy atom. The molecule has 0 aliphatic heterocycles. The van der Waals surface area contributed by atoms with Crippen LogP contribution in [-0.2, 0) is 0 Å². The minimum Gasteiger partial charge on any atom is -0.306 e. The molecule has 15 heavy (non-hydrogen) atoms. The fraction of sp³-hybridized carbons (Fsp3) is 0.750. The van der Waals surface area contributed by atoms with Crippen LogP contribution in [0.5, 0.6) is 0 Å². The molecule has 3 unspecified atom stereocenters. The molecule has 1 heterocycles. The van der Waals surface area contributed by atoms with Crippen LogP contribution < -0.4 is 5.32 Å². The maximum atomic E-state index is 4.32. The third kappa shape index (κ3) is 4.31. The smallest absolute Gasteiger partial charge is 0.0795 e. The third-order valence-electron chi connectivity index (χ3n) is 2.88. The minimum atomic E-state index is 0.371. The molecule has 0 aromatic carbocycles. The normalized spacial score (nSPS) is 17.3. The Morgan fingerprint density at radius 3 is 2.67 bits per heavy atom. The number of rotatable bonds is 6. The van der Waals surface area contributed by atoms with Crippen molar-refractivity contribution in [2.75, 3.05) is 0 Å². The van der Waals surface area contributed by atoms with Crippen LogP contribution in [0.2, 0.25) is 0 Å². The van der Waals surface area contributed by atoms with E-state index < -0.39 is 0 Å². The SMILES string of the molecule is CCC(C)CC(C)NC(C)c1cscn1. The molecule has 0 spiro atoms. The molecule has 1 aromatic heterocycles. The molecule has 0 radical (unpaired) electrons. The van der Waals surface area contributed by atoms with Gasteiger partial charge in [-0.3, -0.25) is 0 Å². The number of nitrogens with one attached hydrogen (secondary N) is 1. The van der Waals surface area contributed by atoms with Crippen molar-refractivity contribution in [1.29, 1.82) is 0 Å². The molecule has 0 saturated carbocycles. The first-order valence-corrected chi connectivity index (χ1v) is 6.71. The van der Waals surface area contributed by atoms with Crippen LogP contribution in [0.1, 0.15) is 52.3 Å². The molecule has 0 aliphatic rings. The van der Waals surface area contributed by atoms with Gasteiger partial charge in [0.15, 0.2) is 0 Å². The summed E-state index contributed by atoms with van der Waals surface area (Å²) in [5, 5.41) is 5.71. The quantitative estimate of drug-likeness (QED) is 0.801. The Labute approximate surface area is 97.1 Å². The van der Waals surface area contributed by atoms with Gasteiger partial charge in [-0.2, -0.15) is 0 Å². The molecule has 0 aliphatic carbocycles. The Morgan fingerprint density at radius 1 is 1.40 bits per heavy atom. The van der Waals surface area contributed by atoms with Gasteiger partial charge in [0, 0.05) is 17.5 Å². The molecule has 2 nitrogen and oxygen atoms in total. The highest BCUT2D eigenvalue weighted by Gasteiger charge is 2.12. The van der Waals surface area contributed by atoms with Gasteiger partial charge in [0.05, 0.1) is 11.2 Å². The van der Waals surface area contributed by atoms with E-state index in [9.17, 15) is 0 Å². The van der Waals surface area contributed by atoms with Crippen LogP contribution in [0.3, 0.4) is 0 Å². The van der Waals surface area contributed by atoms with Gasteiger partial charge in [0.1, 0.15) is 0 Å². The fourth-order valence-electron chi connectivity index (χ4n) is 1.79. The Kier molecular flexibility index (Phi) is 5.26. The molecule has 1 aromatic rings. The van der Waals surface area contributed by atoms with E-state index >= 15 is 0 Å². The van der Waals surface area contributed by atoms with E-state index in [0.29, 0.717) is 12.1 Å². The third-order valence-corrected chi connectivity index (χ3v) is 3.49. The monoisotopic (exact) mass is 226 g/mol. The standard InChI is InChI=1S/C12H22N2S/c1-5-9(2)6-10(3)14-11(4)12-7-15-8-13-12/h7-11,14H,5-6H2,1-4H3. The van der Waals surface area contributed by atoms with Crippen molar-refractivity contribution in [3.8, 4) is 0 Å². The van der Waals surface area contributed by atoms with E-state index in [1.807, 2.05) is 5.51 Å². The van der Waals surface area contributed by atoms with E-state index in [1.54, 1.807) is 11.3 Å². The summed E-state index contributed by atoms with van der Waals surface area (Å²) >= 11 is 1.66. The average molecular weight is 226 g/mol.